The molecule has 0 radical (unpaired) electrons. The Balaban J connectivity index is 2.04. The Morgan fingerprint density at radius 3 is 1.12 bits per heavy atom. The second-order valence-corrected chi connectivity index (χ2v) is 5.66. The van der Waals surface area contributed by atoms with Crippen molar-refractivity contribution in [3.63, 3.8) is 0 Å². The van der Waals surface area contributed by atoms with Crippen LogP contribution in [0.2, 0.25) is 0 Å². The van der Waals surface area contributed by atoms with Crippen molar-refractivity contribution in [1.82, 2.24) is 0 Å². The van der Waals surface area contributed by atoms with Crippen LogP contribution in [0.5, 0.6) is 0 Å². The molecule has 4 nitrogen and oxygen atoms in total. The molecule has 0 aromatic heterocycles. The molecule has 3 aromatic rings. The summed E-state index contributed by atoms with van der Waals surface area (Å²) in [5, 5.41) is 42.0. The van der Waals surface area contributed by atoms with Crippen molar-refractivity contribution in [2.45, 2.75) is 11.6 Å². The van der Waals surface area contributed by atoms with Crippen LogP contribution in [0, 0.1) is 0 Å². The third-order valence-electron chi connectivity index (χ3n) is 4.02. The Hall–Kier alpha value is -2.50. The summed E-state index contributed by atoms with van der Waals surface area (Å²) in [6.45, 7) is 0. The molecule has 4 N–H and O–H groups in total. The highest BCUT2D eigenvalue weighted by Crippen LogP contribution is 2.32. The molecule has 0 heterocycles. The molecule has 0 unspecified atom stereocenters. The zero-order valence-corrected chi connectivity index (χ0v) is 12.9. The van der Waals surface area contributed by atoms with Gasteiger partial charge in [-0.15, -0.1) is 0 Å². The summed E-state index contributed by atoms with van der Waals surface area (Å²) >= 11 is 0. The van der Waals surface area contributed by atoms with E-state index < -0.39 is 11.6 Å². The normalized spacial score (nSPS) is 12.2. The SMILES string of the molecule is OC(O)(c1ccccc1)c1cccc(C(O)(O)c2ccccc2)c1. The Morgan fingerprint density at radius 2 is 0.750 bits per heavy atom. The Morgan fingerprint density at radius 1 is 0.417 bits per heavy atom. The first-order chi connectivity index (χ1) is 11.4. The third kappa shape index (κ3) is 2.96. The topological polar surface area (TPSA) is 80.9 Å². The van der Waals surface area contributed by atoms with Crippen LogP contribution >= 0.6 is 0 Å². The average molecular weight is 322 g/mol. The molecule has 3 rings (SSSR count). The quantitative estimate of drug-likeness (QED) is 0.554. The van der Waals surface area contributed by atoms with Crippen molar-refractivity contribution in [3.05, 3.63) is 107 Å². The fourth-order valence-electron chi connectivity index (χ4n) is 2.63. The molecule has 0 fully saturated rings. The molecule has 4 heteroatoms. The van der Waals surface area contributed by atoms with E-state index in [1.807, 2.05) is 0 Å². The summed E-state index contributed by atoms with van der Waals surface area (Å²) in [7, 11) is 0. The van der Waals surface area contributed by atoms with Crippen molar-refractivity contribution in [2.24, 2.45) is 0 Å². The minimum absolute atomic E-state index is 0.148. The van der Waals surface area contributed by atoms with Crippen LogP contribution in [-0.2, 0) is 11.6 Å². The third-order valence-corrected chi connectivity index (χ3v) is 4.02. The van der Waals surface area contributed by atoms with E-state index in [0.29, 0.717) is 11.1 Å². The molecule has 0 aliphatic rings. The van der Waals surface area contributed by atoms with Crippen molar-refractivity contribution in [3.8, 4) is 0 Å². The van der Waals surface area contributed by atoms with Gasteiger partial charge in [0.1, 0.15) is 0 Å². The molecule has 0 spiro atoms. The predicted molar refractivity (Wildman–Crippen MR) is 89.8 cm³/mol. The van der Waals surface area contributed by atoms with Gasteiger partial charge < -0.3 is 20.4 Å². The lowest BCUT2D eigenvalue weighted by molar-refractivity contribution is -0.137. The fraction of sp³-hybridized carbons (Fsp3) is 0.100. The first kappa shape index (κ1) is 16.4. The van der Waals surface area contributed by atoms with Crippen LogP contribution in [0.4, 0.5) is 0 Å². The van der Waals surface area contributed by atoms with Gasteiger partial charge in [0.15, 0.2) is 0 Å². The number of hydrogen-bond acceptors (Lipinski definition) is 4. The second-order valence-electron chi connectivity index (χ2n) is 5.66. The van der Waals surface area contributed by atoms with E-state index in [1.54, 1.807) is 66.7 Å². The van der Waals surface area contributed by atoms with E-state index in [-0.39, 0.29) is 11.1 Å². The highest BCUT2D eigenvalue weighted by molar-refractivity contribution is 5.39. The van der Waals surface area contributed by atoms with Crippen LogP contribution in [0.15, 0.2) is 84.9 Å². The second kappa shape index (κ2) is 6.19. The fourth-order valence-corrected chi connectivity index (χ4v) is 2.63. The summed E-state index contributed by atoms with van der Waals surface area (Å²) < 4.78 is 0. The predicted octanol–water partition coefficient (Wildman–Crippen LogP) is 2.06. The molecule has 0 saturated carbocycles. The smallest absolute Gasteiger partial charge is 0.217 e. The molecule has 0 aliphatic carbocycles. The minimum Gasteiger partial charge on any atom is -0.358 e. The molecule has 0 aliphatic heterocycles. The number of hydrogen-bond donors (Lipinski definition) is 4. The van der Waals surface area contributed by atoms with Crippen LogP contribution in [0.3, 0.4) is 0 Å². The molecule has 0 saturated heterocycles. The van der Waals surface area contributed by atoms with Crippen LogP contribution in [0.1, 0.15) is 22.3 Å². The van der Waals surface area contributed by atoms with Crippen LogP contribution in [-0.4, -0.2) is 20.4 Å². The van der Waals surface area contributed by atoms with Crippen LogP contribution < -0.4 is 0 Å². The molecule has 122 valence electrons. The summed E-state index contributed by atoms with van der Waals surface area (Å²) in [6, 6.07) is 22.7. The zero-order chi connectivity index (χ0) is 17.2. The first-order valence-corrected chi connectivity index (χ1v) is 7.54. The van der Waals surface area contributed by atoms with Gasteiger partial charge in [-0.25, -0.2) is 0 Å². The van der Waals surface area contributed by atoms with Crippen molar-refractivity contribution >= 4 is 0 Å². The molecule has 0 amide bonds. The summed E-state index contributed by atoms with van der Waals surface area (Å²) in [5.41, 5.74) is 0.885. The van der Waals surface area contributed by atoms with Gasteiger partial charge in [0.05, 0.1) is 0 Å². The van der Waals surface area contributed by atoms with Crippen molar-refractivity contribution in [1.29, 1.82) is 0 Å². The van der Waals surface area contributed by atoms with Crippen molar-refractivity contribution < 1.29 is 20.4 Å². The Bertz CT molecular complexity index is 745. The highest BCUT2D eigenvalue weighted by atomic mass is 16.5. The zero-order valence-electron chi connectivity index (χ0n) is 12.9. The maximum absolute atomic E-state index is 10.5. The van der Waals surface area contributed by atoms with Gasteiger partial charge in [-0.05, 0) is 6.07 Å². The van der Waals surface area contributed by atoms with E-state index in [9.17, 15) is 20.4 Å². The monoisotopic (exact) mass is 322 g/mol. The van der Waals surface area contributed by atoms with Gasteiger partial charge in [-0.1, -0.05) is 78.9 Å². The van der Waals surface area contributed by atoms with Gasteiger partial charge in [0.2, 0.25) is 11.6 Å². The van der Waals surface area contributed by atoms with E-state index in [1.165, 1.54) is 18.2 Å². The number of benzene rings is 3. The Kier molecular flexibility index (Phi) is 4.22. The molecule has 3 aromatic carbocycles. The van der Waals surface area contributed by atoms with Gasteiger partial charge in [0.25, 0.3) is 0 Å². The lowest BCUT2D eigenvalue weighted by Gasteiger charge is -2.27. The maximum Gasteiger partial charge on any atom is 0.217 e. The molecule has 0 bridgehead atoms. The standard InChI is InChI=1S/C20H18O4/c21-19(22,15-8-3-1-4-9-15)17-12-7-13-18(14-17)20(23,24)16-10-5-2-6-11-16/h1-14,21-24H. The molecular formula is C20H18O4. The molecule has 0 atom stereocenters. The van der Waals surface area contributed by atoms with Crippen LogP contribution in [0.25, 0.3) is 0 Å². The van der Waals surface area contributed by atoms with E-state index in [2.05, 4.69) is 0 Å². The minimum atomic E-state index is -2.23. The van der Waals surface area contributed by atoms with Gasteiger partial charge in [-0.3, -0.25) is 0 Å². The van der Waals surface area contributed by atoms with Gasteiger partial charge in [0, 0.05) is 22.3 Å². The highest BCUT2D eigenvalue weighted by Gasteiger charge is 2.33. The van der Waals surface area contributed by atoms with Crippen molar-refractivity contribution in [2.75, 3.05) is 0 Å². The Labute approximate surface area is 139 Å². The van der Waals surface area contributed by atoms with E-state index >= 15 is 0 Å². The largest absolute Gasteiger partial charge is 0.358 e. The number of aliphatic hydroxyl groups is 4. The summed E-state index contributed by atoms with van der Waals surface area (Å²) in [6.07, 6.45) is 0. The summed E-state index contributed by atoms with van der Waals surface area (Å²) in [5.74, 6) is -4.46. The average Bonchev–Trinajstić information content (AvgIpc) is 2.63. The molecular weight excluding hydrogens is 304 g/mol. The lowest BCUT2D eigenvalue weighted by atomic mass is 9.91. The van der Waals surface area contributed by atoms with Gasteiger partial charge in [-0.2, -0.15) is 0 Å². The maximum atomic E-state index is 10.5. The summed E-state index contributed by atoms with van der Waals surface area (Å²) in [4.78, 5) is 0. The molecule has 24 heavy (non-hydrogen) atoms. The van der Waals surface area contributed by atoms with E-state index in [4.69, 9.17) is 0 Å². The van der Waals surface area contributed by atoms with E-state index in [0.717, 1.165) is 0 Å². The lowest BCUT2D eigenvalue weighted by Crippen LogP contribution is -2.30. The first-order valence-electron chi connectivity index (χ1n) is 7.54. The van der Waals surface area contributed by atoms with Gasteiger partial charge >= 0.3 is 0 Å². The number of rotatable bonds is 4.